The minimum absolute atomic E-state index is 0.0375. The molecule has 5 heteroatoms. The number of phenolic OH excluding ortho intramolecular Hbond substituents is 1. The summed E-state index contributed by atoms with van der Waals surface area (Å²) in [6.07, 6.45) is 7.57. The van der Waals surface area contributed by atoms with Crippen molar-refractivity contribution in [2.75, 3.05) is 5.32 Å². The van der Waals surface area contributed by atoms with Crippen molar-refractivity contribution < 1.29 is 14.3 Å². The fourth-order valence-electron chi connectivity index (χ4n) is 4.25. The number of rotatable bonds is 9. The Kier molecular flexibility index (Phi) is 7.96. The van der Waals surface area contributed by atoms with Crippen LogP contribution < -0.4 is 5.32 Å². The largest absolute Gasteiger partial charge is 0.507 e. The van der Waals surface area contributed by atoms with Crippen LogP contribution in [0, 0.1) is 6.92 Å². The van der Waals surface area contributed by atoms with E-state index in [1.165, 1.54) is 0 Å². The minimum atomic E-state index is -0.146. The summed E-state index contributed by atoms with van der Waals surface area (Å²) in [5.74, 6) is 0.720. The summed E-state index contributed by atoms with van der Waals surface area (Å²) >= 11 is 0. The van der Waals surface area contributed by atoms with Crippen molar-refractivity contribution in [2.24, 2.45) is 0 Å². The third-order valence-electron chi connectivity index (χ3n) is 6.08. The maximum Gasteiger partial charge on any atom is 0.225 e. The third-order valence-corrected chi connectivity index (χ3v) is 6.08. The van der Waals surface area contributed by atoms with Gasteiger partial charge in [-0.15, -0.1) is 0 Å². The van der Waals surface area contributed by atoms with E-state index < -0.39 is 0 Å². The van der Waals surface area contributed by atoms with Gasteiger partial charge < -0.3 is 14.8 Å². The number of nitrogens with one attached hydrogen (secondary N) is 1. The van der Waals surface area contributed by atoms with Crippen molar-refractivity contribution in [3.63, 3.8) is 0 Å². The highest BCUT2D eigenvalue weighted by Crippen LogP contribution is 2.36. The number of unbranched alkanes of at least 4 members (excludes halogenated alkanes) is 2. The highest BCUT2D eigenvalue weighted by atomic mass is 16.3. The molecule has 176 valence electrons. The van der Waals surface area contributed by atoms with E-state index >= 15 is 0 Å². The Bertz CT molecular complexity index is 1070. The molecular weight excluding hydrogens is 412 g/mol. The van der Waals surface area contributed by atoms with E-state index in [1.54, 1.807) is 12.5 Å². The van der Waals surface area contributed by atoms with Crippen LogP contribution in [0.4, 0.5) is 5.69 Å². The molecular formula is C28H36N2O3. The van der Waals surface area contributed by atoms with Gasteiger partial charge in [-0.05, 0) is 53.5 Å². The monoisotopic (exact) mass is 448 g/mol. The lowest BCUT2D eigenvalue weighted by Crippen LogP contribution is -2.20. The molecule has 0 aliphatic carbocycles. The first-order valence-corrected chi connectivity index (χ1v) is 11.8. The summed E-state index contributed by atoms with van der Waals surface area (Å²) in [4.78, 5) is 17.5. The molecule has 1 heterocycles. The molecule has 0 aliphatic heterocycles. The average Bonchev–Trinajstić information content (AvgIpc) is 3.29. The van der Waals surface area contributed by atoms with E-state index in [-0.39, 0.29) is 17.2 Å². The van der Waals surface area contributed by atoms with Crippen molar-refractivity contribution in [3.05, 3.63) is 65.5 Å². The molecule has 5 nitrogen and oxygen atoms in total. The minimum Gasteiger partial charge on any atom is -0.507 e. The molecule has 33 heavy (non-hydrogen) atoms. The predicted octanol–water partition coefficient (Wildman–Crippen LogP) is 7.35. The number of carbonyl (C=O) groups excluding carboxylic acids is 1. The Morgan fingerprint density at radius 2 is 1.97 bits per heavy atom. The van der Waals surface area contributed by atoms with Gasteiger partial charge in [0.1, 0.15) is 12.0 Å². The van der Waals surface area contributed by atoms with E-state index in [0.717, 1.165) is 53.6 Å². The Morgan fingerprint density at radius 3 is 2.64 bits per heavy atom. The summed E-state index contributed by atoms with van der Waals surface area (Å²) < 4.78 is 5.46. The summed E-state index contributed by atoms with van der Waals surface area (Å²) in [5.41, 5.74) is 4.18. The van der Waals surface area contributed by atoms with Crippen LogP contribution in [0.5, 0.6) is 5.75 Å². The summed E-state index contributed by atoms with van der Waals surface area (Å²) in [6, 6.07) is 11.7. The van der Waals surface area contributed by atoms with Gasteiger partial charge in [0.05, 0.1) is 6.20 Å². The molecule has 3 aromatic rings. The molecule has 2 aromatic carbocycles. The highest BCUT2D eigenvalue weighted by molar-refractivity contribution is 5.93. The molecule has 1 unspecified atom stereocenters. The van der Waals surface area contributed by atoms with Crippen molar-refractivity contribution >= 4 is 11.6 Å². The van der Waals surface area contributed by atoms with Gasteiger partial charge in [0, 0.05) is 17.7 Å². The van der Waals surface area contributed by atoms with Crippen molar-refractivity contribution in [1.82, 2.24) is 4.98 Å². The van der Waals surface area contributed by atoms with E-state index in [1.807, 2.05) is 43.3 Å². The van der Waals surface area contributed by atoms with Crippen molar-refractivity contribution in [2.45, 2.75) is 78.1 Å². The molecule has 0 spiro atoms. The number of phenols is 1. The first-order chi connectivity index (χ1) is 15.7. The summed E-state index contributed by atoms with van der Waals surface area (Å²) in [7, 11) is 0. The van der Waals surface area contributed by atoms with Crippen LogP contribution in [-0.4, -0.2) is 16.0 Å². The molecule has 1 amide bonds. The molecule has 2 N–H and O–H groups in total. The van der Waals surface area contributed by atoms with E-state index in [0.29, 0.717) is 18.1 Å². The number of amides is 1. The number of para-hydroxylation sites is 1. The van der Waals surface area contributed by atoms with Crippen LogP contribution in [0.25, 0.3) is 11.5 Å². The normalized spacial score (nSPS) is 12.5. The maximum absolute atomic E-state index is 13.3. The lowest BCUT2D eigenvalue weighted by molar-refractivity contribution is -0.116. The topological polar surface area (TPSA) is 75.4 Å². The SMILES string of the molecule is CCCCCC(CC(=O)Nc1cc(-c2ncco2)ccc1C(C)(C)C)c1cccc(C)c1O. The van der Waals surface area contributed by atoms with E-state index in [4.69, 9.17) is 4.42 Å². The number of carbonyl (C=O) groups is 1. The first-order valence-electron chi connectivity index (χ1n) is 11.8. The molecule has 0 radical (unpaired) electrons. The molecule has 0 fully saturated rings. The van der Waals surface area contributed by atoms with Crippen molar-refractivity contribution in [1.29, 1.82) is 0 Å². The van der Waals surface area contributed by atoms with Crippen LogP contribution >= 0.6 is 0 Å². The second-order valence-corrected chi connectivity index (χ2v) is 9.81. The van der Waals surface area contributed by atoms with Gasteiger partial charge >= 0.3 is 0 Å². The Balaban J connectivity index is 1.87. The maximum atomic E-state index is 13.3. The van der Waals surface area contributed by atoms with Crippen LogP contribution in [0.1, 0.15) is 82.4 Å². The highest BCUT2D eigenvalue weighted by Gasteiger charge is 2.23. The zero-order chi connectivity index (χ0) is 24.0. The van der Waals surface area contributed by atoms with E-state index in [2.05, 4.69) is 38.0 Å². The number of hydrogen-bond acceptors (Lipinski definition) is 4. The van der Waals surface area contributed by atoms with Crippen LogP contribution in [-0.2, 0) is 10.2 Å². The molecule has 1 aromatic heterocycles. The van der Waals surface area contributed by atoms with Gasteiger partial charge in [-0.1, -0.05) is 71.2 Å². The molecule has 1 atom stereocenters. The fraction of sp³-hybridized carbons (Fsp3) is 0.429. The molecule has 0 saturated carbocycles. The zero-order valence-electron chi connectivity index (χ0n) is 20.4. The molecule has 3 rings (SSSR count). The smallest absolute Gasteiger partial charge is 0.225 e. The van der Waals surface area contributed by atoms with Gasteiger partial charge in [-0.2, -0.15) is 0 Å². The zero-order valence-corrected chi connectivity index (χ0v) is 20.4. The van der Waals surface area contributed by atoms with Gasteiger partial charge in [0.2, 0.25) is 11.8 Å². The number of oxazole rings is 1. The first kappa shape index (κ1) is 24.6. The number of aryl methyl sites for hydroxylation is 1. The van der Waals surface area contributed by atoms with Gasteiger partial charge in [-0.3, -0.25) is 4.79 Å². The fourth-order valence-corrected chi connectivity index (χ4v) is 4.25. The Hall–Kier alpha value is -3.08. The quantitative estimate of drug-likeness (QED) is 0.336. The number of hydrogen-bond donors (Lipinski definition) is 2. The van der Waals surface area contributed by atoms with Crippen LogP contribution in [0.15, 0.2) is 53.3 Å². The second-order valence-electron chi connectivity index (χ2n) is 9.81. The van der Waals surface area contributed by atoms with Gasteiger partial charge in [0.25, 0.3) is 0 Å². The van der Waals surface area contributed by atoms with Crippen molar-refractivity contribution in [3.8, 4) is 17.2 Å². The molecule has 0 aliphatic rings. The lowest BCUT2D eigenvalue weighted by Gasteiger charge is -2.24. The van der Waals surface area contributed by atoms with Crippen LogP contribution in [0.3, 0.4) is 0 Å². The summed E-state index contributed by atoms with van der Waals surface area (Å²) in [5, 5.41) is 13.8. The lowest BCUT2D eigenvalue weighted by atomic mass is 9.84. The number of anilines is 1. The molecule has 0 saturated heterocycles. The van der Waals surface area contributed by atoms with Gasteiger partial charge in [-0.25, -0.2) is 4.98 Å². The standard InChI is InChI=1S/C28H36N2O3/c1-6-7-8-11-20(22-12-9-10-19(2)26(22)32)18-25(31)30-24-17-21(27-29-15-16-33-27)13-14-23(24)28(3,4)5/h9-10,12-17,20,32H,6-8,11,18H2,1-5H3,(H,30,31). The van der Waals surface area contributed by atoms with E-state index in [9.17, 15) is 9.90 Å². The van der Waals surface area contributed by atoms with Gasteiger partial charge in [0.15, 0.2) is 0 Å². The number of aromatic hydroxyl groups is 1. The predicted molar refractivity (Wildman–Crippen MR) is 134 cm³/mol. The number of aromatic nitrogens is 1. The summed E-state index contributed by atoms with van der Waals surface area (Å²) in [6.45, 7) is 10.4. The molecule has 0 bridgehead atoms. The third kappa shape index (κ3) is 6.25. The number of benzene rings is 2. The Labute approximate surface area is 197 Å². The second kappa shape index (κ2) is 10.7. The Morgan fingerprint density at radius 1 is 1.18 bits per heavy atom. The number of nitrogens with zero attached hydrogens (tertiary/aromatic N) is 1. The van der Waals surface area contributed by atoms with Crippen LogP contribution in [0.2, 0.25) is 0 Å². The average molecular weight is 449 g/mol.